The molecule has 2 aromatic carbocycles. The summed E-state index contributed by atoms with van der Waals surface area (Å²) in [5.41, 5.74) is -1.05. The van der Waals surface area contributed by atoms with Gasteiger partial charge in [0.05, 0.1) is 11.1 Å². The van der Waals surface area contributed by atoms with Crippen LogP contribution in [0.15, 0.2) is 36.4 Å². The summed E-state index contributed by atoms with van der Waals surface area (Å²) in [5, 5.41) is 0. The van der Waals surface area contributed by atoms with Crippen LogP contribution < -0.4 is 4.74 Å². The molecule has 0 aliphatic heterocycles. The molecule has 0 aliphatic rings. The number of para-hydroxylation sites is 1. The molecule has 0 fully saturated rings. The zero-order valence-corrected chi connectivity index (χ0v) is 10.9. The van der Waals surface area contributed by atoms with Crippen LogP contribution in [0.4, 0.5) is 17.6 Å². The number of hydrogen-bond donors (Lipinski definition) is 0. The second-order valence-corrected chi connectivity index (χ2v) is 4.26. The average Bonchev–Trinajstić information content (AvgIpc) is 2.43. The van der Waals surface area contributed by atoms with Crippen LogP contribution >= 0.6 is 0 Å². The minimum atomic E-state index is -3.15. The van der Waals surface area contributed by atoms with Crippen molar-refractivity contribution in [2.75, 3.05) is 0 Å². The van der Waals surface area contributed by atoms with E-state index in [1.165, 1.54) is 31.2 Å². The molecule has 6 heteroatoms. The summed E-state index contributed by atoms with van der Waals surface area (Å²) < 4.78 is 56.5. The number of hydrogen-bond acceptors (Lipinski definition) is 2. The lowest BCUT2D eigenvalue weighted by Crippen LogP contribution is -2.12. The Morgan fingerprint density at radius 1 is 1.10 bits per heavy atom. The number of aryl methyl sites for hydroxylation is 1. The maximum atomic E-state index is 13.9. The number of halogens is 4. The van der Waals surface area contributed by atoms with E-state index in [-0.39, 0.29) is 11.1 Å². The first-order chi connectivity index (χ1) is 9.91. The fourth-order valence-corrected chi connectivity index (χ4v) is 1.85. The molecule has 0 saturated heterocycles. The predicted molar refractivity (Wildman–Crippen MR) is 67.6 cm³/mol. The second kappa shape index (κ2) is 5.95. The van der Waals surface area contributed by atoms with Crippen LogP contribution in [-0.2, 0) is 0 Å². The third-order valence-electron chi connectivity index (χ3n) is 2.86. The molecule has 2 nitrogen and oxygen atoms in total. The van der Waals surface area contributed by atoms with Crippen molar-refractivity contribution >= 4 is 5.78 Å². The Balaban J connectivity index is 2.54. The van der Waals surface area contributed by atoms with Gasteiger partial charge in [0.2, 0.25) is 5.78 Å². The third kappa shape index (κ3) is 3.04. The Morgan fingerprint density at radius 3 is 2.43 bits per heavy atom. The zero-order valence-electron chi connectivity index (χ0n) is 10.9. The van der Waals surface area contributed by atoms with Crippen molar-refractivity contribution in [1.29, 1.82) is 0 Å². The molecule has 0 unspecified atom stereocenters. The SMILES string of the molecule is Cc1ccc(F)c(C(=O)c2ccccc2OC(F)F)c1F. The number of benzene rings is 2. The van der Waals surface area contributed by atoms with Gasteiger partial charge in [-0.2, -0.15) is 8.78 Å². The van der Waals surface area contributed by atoms with Crippen LogP contribution in [0.1, 0.15) is 21.5 Å². The summed E-state index contributed by atoms with van der Waals surface area (Å²) >= 11 is 0. The van der Waals surface area contributed by atoms with Gasteiger partial charge in [-0.1, -0.05) is 18.2 Å². The molecule has 0 amide bonds. The lowest BCUT2D eigenvalue weighted by Gasteiger charge is -2.11. The van der Waals surface area contributed by atoms with E-state index >= 15 is 0 Å². The maximum absolute atomic E-state index is 13.9. The van der Waals surface area contributed by atoms with Crippen LogP contribution in [0.2, 0.25) is 0 Å². The lowest BCUT2D eigenvalue weighted by molar-refractivity contribution is -0.0501. The van der Waals surface area contributed by atoms with E-state index in [2.05, 4.69) is 4.74 Å². The van der Waals surface area contributed by atoms with E-state index in [4.69, 9.17) is 0 Å². The van der Waals surface area contributed by atoms with Crippen molar-refractivity contribution in [2.45, 2.75) is 13.5 Å². The van der Waals surface area contributed by atoms with Gasteiger partial charge in [-0.05, 0) is 30.7 Å². The Hall–Kier alpha value is -2.37. The van der Waals surface area contributed by atoms with Gasteiger partial charge in [0.15, 0.2) is 0 Å². The minimum absolute atomic E-state index is 0.0759. The Morgan fingerprint density at radius 2 is 1.76 bits per heavy atom. The Bertz CT molecular complexity index is 683. The number of ether oxygens (including phenoxy) is 1. The fraction of sp³-hybridized carbons (Fsp3) is 0.133. The molecule has 21 heavy (non-hydrogen) atoms. The normalized spacial score (nSPS) is 10.8. The van der Waals surface area contributed by atoms with Crippen molar-refractivity contribution < 1.29 is 27.1 Å². The number of carbonyl (C=O) groups excluding carboxylic acids is 1. The zero-order chi connectivity index (χ0) is 15.6. The summed E-state index contributed by atoms with van der Waals surface area (Å²) in [6, 6.07) is 7.19. The highest BCUT2D eigenvalue weighted by molar-refractivity contribution is 6.11. The molecule has 0 aromatic heterocycles. The second-order valence-electron chi connectivity index (χ2n) is 4.26. The van der Waals surface area contributed by atoms with Crippen LogP contribution in [0.25, 0.3) is 0 Å². The molecule has 0 spiro atoms. The summed E-state index contributed by atoms with van der Waals surface area (Å²) in [7, 11) is 0. The Kier molecular flexibility index (Phi) is 4.26. The van der Waals surface area contributed by atoms with E-state index < -0.39 is 35.3 Å². The van der Waals surface area contributed by atoms with E-state index in [9.17, 15) is 22.4 Å². The first-order valence-electron chi connectivity index (χ1n) is 5.95. The van der Waals surface area contributed by atoms with Crippen LogP contribution in [-0.4, -0.2) is 12.4 Å². The summed E-state index contributed by atoms with van der Waals surface area (Å²) in [6.45, 7) is -1.78. The third-order valence-corrected chi connectivity index (χ3v) is 2.86. The van der Waals surface area contributed by atoms with Gasteiger partial charge in [0.1, 0.15) is 17.4 Å². The van der Waals surface area contributed by atoms with Crippen LogP contribution in [0, 0.1) is 18.6 Å². The molecule has 2 rings (SSSR count). The predicted octanol–water partition coefficient (Wildman–Crippen LogP) is 4.11. The van der Waals surface area contributed by atoms with Crippen LogP contribution in [0.5, 0.6) is 5.75 Å². The monoisotopic (exact) mass is 298 g/mol. The smallest absolute Gasteiger partial charge is 0.387 e. The van der Waals surface area contributed by atoms with E-state index in [1.807, 2.05) is 0 Å². The number of carbonyl (C=O) groups is 1. The number of rotatable bonds is 4. The van der Waals surface area contributed by atoms with Crippen molar-refractivity contribution in [2.24, 2.45) is 0 Å². The minimum Gasteiger partial charge on any atom is -0.434 e. The molecule has 0 bridgehead atoms. The molecule has 0 N–H and O–H groups in total. The van der Waals surface area contributed by atoms with Gasteiger partial charge in [-0.15, -0.1) is 0 Å². The quantitative estimate of drug-likeness (QED) is 0.627. The van der Waals surface area contributed by atoms with Gasteiger partial charge in [0, 0.05) is 0 Å². The van der Waals surface area contributed by atoms with Crippen molar-refractivity contribution in [3.8, 4) is 5.75 Å². The summed E-state index contributed by atoms with van der Waals surface area (Å²) in [4.78, 5) is 12.2. The highest BCUT2D eigenvalue weighted by Gasteiger charge is 2.24. The molecule has 0 heterocycles. The Labute approximate surface area is 118 Å². The molecule has 2 aromatic rings. The highest BCUT2D eigenvalue weighted by Crippen LogP contribution is 2.26. The van der Waals surface area contributed by atoms with E-state index in [1.54, 1.807) is 0 Å². The highest BCUT2D eigenvalue weighted by atomic mass is 19.3. The molecule has 0 aliphatic carbocycles. The molecule has 0 saturated carbocycles. The van der Waals surface area contributed by atoms with Gasteiger partial charge in [0.25, 0.3) is 0 Å². The lowest BCUT2D eigenvalue weighted by atomic mass is 9.99. The molecule has 110 valence electrons. The van der Waals surface area contributed by atoms with Crippen molar-refractivity contribution in [1.82, 2.24) is 0 Å². The van der Waals surface area contributed by atoms with Crippen molar-refractivity contribution in [3.63, 3.8) is 0 Å². The molecule has 0 atom stereocenters. The fourth-order valence-electron chi connectivity index (χ4n) is 1.85. The first-order valence-corrected chi connectivity index (χ1v) is 5.95. The standard InChI is InChI=1S/C15H10F4O2/c1-8-6-7-10(16)12(13(8)17)14(20)9-4-2-3-5-11(9)21-15(18)19/h2-7,15H,1H3. The maximum Gasteiger partial charge on any atom is 0.387 e. The van der Waals surface area contributed by atoms with Gasteiger partial charge in [-0.3, -0.25) is 4.79 Å². The number of alkyl halides is 2. The van der Waals surface area contributed by atoms with E-state index in [0.717, 1.165) is 12.1 Å². The van der Waals surface area contributed by atoms with Gasteiger partial charge in [-0.25, -0.2) is 8.78 Å². The van der Waals surface area contributed by atoms with Crippen molar-refractivity contribution in [3.05, 3.63) is 64.7 Å². The first kappa shape index (κ1) is 15.0. The molecular weight excluding hydrogens is 288 g/mol. The van der Waals surface area contributed by atoms with Crippen LogP contribution in [0.3, 0.4) is 0 Å². The average molecular weight is 298 g/mol. The number of ketones is 1. The topological polar surface area (TPSA) is 26.3 Å². The largest absolute Gasteiger partial charge is 0.434 e. The summed E-state index contributed by atoms with van der Waals surface area (Å²) in [5.74, 6) is -3.57. The van der Waals surface area contributed by atoms with E-state index in [0.29, 0.717) is 0 Å². The van der Waals surface area contributed by atoms with Gasteiger partial charge >= 0.3 is 6.61 Å². The van der Waals surface area contributed by atoms with Gasteiger partial charge < -0.3 is 4.74 Å². The summed E-state index contributed by atoms with van der Waals surface area (Å²) in [6.07, 6.45) is 0. The molecule has 0 radical (unpaired) electrons. The molecular formula is C15H10F4O2.